The molecule has 0 aliphatic heterocycles. The summed E-state index contributed by atoms with van der Waals surface area (Å²) in [6.07, 6.45) is 4.28. The van der Waals surface area contributed by atoms with Gasteiger partial charge in [0.25, 0.3) is 5.56 Å². The molecule has 0 bridgehead atoms. The molecule has 1 fully saturated rings. The van der Waals surface area contributed by atoms with E-state index in [0.29, 0.717) is 11.7 Å². The smallest absolute Gasteiger partial charge is 0.263 e. The Morgan fingerprint density at radius 2 is 1.97 bits per heavy atom. The van der Waals surface area contributed by atoms with Gasteiger partial charge in [-0.25, -0.2) is 4.98 Å². The lowest BCUT2D eigenvalue weighted by Gasteiger charge is -2.18. The lowest BCUT2D eigenvalue weighted by Crippen LogP contribution is -2.28. The Morgan fingerprint density at radius 1 is 1.24 bits per heavy atom. The number of hydrogen-bond acceptors (Lipinski definition) is 5. The molecule has 0 unspecified atom stereocenters. The van der Waals surface area contributed by atoms with E-state index < -0.39 is 0 Å². The zero-order chi connectivity index (χ0) is 20.4. The highest BCUT2D eigenvalue weighted by molar-refractivity contribution is 7.99. The number of thioether (sulfide) groups is 1. The van der Waals surface area contributed by atoms with Crippen LogP contribution in [0.4, 0.5) is 0 Å². The molecule has 3 aromatic rings. The normalized spacial score (nSPS) is 14.6. The van der Waals surface area contributed by atoms with Crippen molar-refractivity contribution in [1.82, 2.24) is 14.9 Å². The number of rotatable bonds is 6. The number of benzene rings is 1. The summed E-state index contributed by atoms with van der Waals surface area (Å²) in [5.41, 5.74) is 2.15. The van der Waals surface area contributed by atoms with Crippen molar-refractivity contribution in [1.29, 1.82) is 0 Å². The van der Waals surface area contributed by atoms with Crippen LogP contribution in [0, 0.1) is 13.8 Å². The molecule has 29 heavy (non-hydrogen) atoms. The van der Waals surface area contributed by atoms with Crippen molar-refractivity contribution in [3.63, 3.8) is 0 Å². The zero-order valence-electron chi connectivity index (χ0n) is 16.7. The molecule has 7 heteroatoms. The van der Waals surface area contributed by atoms with Crippen molar-refractivity contribution >= 4 is 39.2 Å². The standard InChI is InChI=1S/C22H25N3O2S2/c1-14-15(2)29-20-19(14)21(27)25(17-10-6-7-11-17)22(24-20)28-13-18(26)23-12-16-8-4-3-5-9-16/h3-5,8-9,17H,6-7,10-13H2,1-2H3,(H,23,26). The Balaban J connectivity index is 1.56. The summed E-state index contributed by atoms with van der Waals surface area (Å²) in [6.45, 7) is 4.54. The van der Waals surface area contributed by atoms with Crippen LogP contribution < -0.4 is 10.9 Å². The van der Waals surface area contributed by atoms with E-state index in [0.717, 1.165) is 51.9 Å². The third-order valence-electron chi connectivity index (χ3n) is 5.56. The number of fused-ring (bicyclic) bond motifs is 1. The summed E-state index contributed by atoms with van der Waals surface area (Å²) in [5.74, 6) is 0.200. The quantitative estimate of drug-likeness (QED) is 0.461. The average Bonchev–Trinajstić information content (AvgIpc) is 3.34. The molecular formula is C22H25N3O2S2. The fourth-order valence-corrected chi connectivity index (χ4v) is 5.82. The highest BCUT2D eigenvalue weighted by Crippen LogP contribution is 2.34. The van der Waals surface area contributed by atoms with E-state index in [2.05, 4.69) is 5.32 Å². The first-order chi connectivity index (χ1) is 14.0. The zero-order valence-corrected chi connectivity index (χ0v) is 18.4. The van der Waals surface area contributed by atoms with Crippen LogP contribution in [0.25, 0.3) is 10.2 Å². The molecule has 0 atom stereocenters. The van der Waals surface area contributed by atoms with Crippen LogP contribution in [0.2, 0.25) is 0 Å². The van der Waals surface area contributed by atoms with Gasteiger partial charge in [0.1, 0.15) is 4.83 Å². The molecule has 5 nitrogen and oxygen atoms in total. The second kappa shape index (κ2) is 8.71. The van der Waals surface area contributed by atoms with Crippen molar-refractivity contribution < 1.29 is 4.79 Å². The number of thiophene rings is 1. The summed E-state index contributed by atoms with van der Waals surface area (Å²) in [5, 5.41) is 4.37. The van der Waals surface area contributed by atoms with E-state index in [1.807, 2.05) is 48.7 Å². The predicted octanol–water partition coefficient (Wildman–Crippen LogP) is 4.60. The first kappa shape index (κ1) is 20.2. The molecule has 1 amide bonds. The maximum Gasteiger partial charge on any atom is 0.263 e. The van der Waals surface area contributed by atoms with Crippen LogP contribution in [0.3, 0.4) is 0 Å². The number of carbonyl (C=O) groups excluding carboxylic acids is 1. The van der Waals surface area contributed by atoms with Gasteiger partial charge in [-0.3, -0.25) is 14.2 Å². The van der Waals surface area contributed by atoms with Crippen LogP contribution in [-0.2, 0) is 11.3 Å². The second-order valence-corrected chi connectivity index (χ2v) is 9.67. The summed E-state index contributed by atoms with van der Waals surface area (Å²) in [4.78, 5) is 32.5. The Morgan fingerprint density at radius 3 is 2.69 bits per heavy atom. The molecule has 0 saturated heterocycles. The number of aryl methyl sites for hydroxylation is 2. The van der Waals surface area contributed by atoms with Gasteiger partial charge in [-0.1, -0.05) is 54.9 Å². The number of amides is 1. The van der Waals surface area contributed by atoms with Crippen LogP contribution in [0.15, 0.2) is 40.3 Å². The molecule has 1 N–H and O–H groups in total. The Hall–Kier alpha value is -2.12. The lowest BCUT2D eigenvalue weighted by atomic mass is 10.2. The summed E-state index contributed by atoms with van der Waals surface area (Å²) >= 11 is 2.93. The minimum atomic E-state index is -0.0512. The van der Waals surface area contributed by atoms with Gasteiger partial charge in [-0.15, -0.1) is 11.3 Å². The SMILES string of the molecule is Cc1sc2nc(SCC(=O)NCc3ccccc3)n(C3CCCC3)c(=O)c2c1C. The molecule has 1 saturated carbocycles. The average molecular weight is 428 g/mol. The Kier molecular flexibility index (Phi) is 6.06. The highest BCUT2D eigenvalue weighted by Gasteiger charge is 2.25. The van der Waals surface area contributed by atoms with Crippen molar-refractivity contribution in [2.24, 2.45) is 0 Å². The number of hydrogen-bond donors (Lipinski definition) is 1. The first-order valence-corrected chi connectivity index (χ1v) is 11.8. The van der Waals surface area contributed by atoms with Crippen molar-refractivity contribution in [3.05, 3.63) is 56.7 Å². The fourth-order valence-electron chi connectivity index (χ4n) is 3.85. The van der Waals surface area contributed by atoms with Crippen molar-refractivity contribution in [2.45, 2.75) is 57.3 Å². The number of carbonyl (C=O) groups is 1. The number of aromatic nitrogens is 2. The third kappa shape index (κ3) is 4.26. The van der Waals surface area contributed by atoms with E-state index in [1.54, 1.807) is 11.3 Å². The molecule has 0 spiro atoms. The monoisotopic (exact) mass is 427 g/mol. The predicted molar refractivity (Wildman–Crippen MR) is 120 cm³/mol. The molecule has 1 aliphatic rings. The van der Waals surface area contributed by atoms with Gasteiger partial charge in [-0.05, 0) is 37.8 Å². The molecule has 1 aliphatic carbocycles. The highest BCUT2D eigenvalue weighted by atomic mass is 32.2. The second-order valence-electron chi connectivity index (χ2n) is 7.52. The van der Waals surface area contributed by atoms with Crippen LogP contribution in [0.1, 0.15) is 47.7 Å². The third-order valence-corrected chi connectivity index (χ3v) is 7.61. The molecule has 2 aromatic heterocycles. The molecule has 1 aromatic carbocycles. The van der Waals surface area contributed by atoms with Crippen molar-refractivity contribution in [2.75, 3.05) is 5.75 Å². The van der Waals surface area contributed by atoms with Gasteiger partial charge in [-0.2, -0.15) is 0 Å². The first-order valence-electron chi connectivity index (χ1n) is 10.00. The van der Waals surface area contributed by atoms with Gasteiger partial charge < -0.3 is 5.32 Å². The van der Waals surface area contributed by atoms with Crippen LogP contribution >= 0.6 is 23.1 Å². The summed E-state index contributed by atoms with van der Waals surface area (Å²) < 4.78 is 1.86. The summed E-state index contributed by atoms with van der Waals surface area (Å²) in [6, 6.07) is 10.0. The van der Waals surface area contributed by atoms with E-state index in [-0.39, 0.29) is 23.3 Å². The van der Waals surface area contributed by atoms with Crippen LogP contribution in [0.5, 0.6) is 0 Å². The Bertz CT molecular complexity index is 1080. The van der Waals surface area contributed by atoms with Gasteiger partial charge in [0.2, 0.25) is 5.91 Å². The van der Waals surface area contributed by atoms with Crippen molar-refractivity contribution in [3.8, 4) is 0 Å². The fraction of sp³-hybridized carbons (Fsp3) is 0.409. The maximum absolute atomic E-state index is 13.3. The maximum atomic E-state index is 13.3. The van der Waals surface area contributed by atoms with Crippen LogP contribution in [-0.4, -0.2) is 21.2 Å². The van der Waals surface area contributed by atoms with Gasteiger partial charge in [0, 0.05) is 17.5 Å². The van der Waals surface area contributed by atoms with Gasteiger partial charge in [0.15, 0.2) is 5.16 Å². The van der Waals surface area contributed by atoms with E-state index >= 15 is 0 Å². The van der Waals surface area contributed by atoms with E-state index in [1.165, 1.54) is 11.8 Å². The molecule has 152 valence electrons. The minimum absolute atomic E-state index is 0.0512. The molecule has 4 rings (SSSR count). The number of nitrogens with zero attached hydrogens (tertiary/aromatic N) is 2. The van der Waals surface area contributed by atoms with E-state index in [4.69, 9.17) is 4.98 Å². The van der Waals surface area contributed by atoms with Gasteiger partial charge >= 0.3 is 0 Å². The Labute approximate surface area is 178 Å². The topological polar surface area (TPSA) is 64.0 Å². The molecular weight excluding hydrogens is 402 g/mol. The summed E-state index contributed by atoms with van der Waals surface area (Å²) in [7, 11) is 0. The van der Waals surface area contributed by atoms with Gasteiger partial charge in [0.05, 0.1) is 11.1 Å². The minimum Gasteiger partial charge on any atom is -0.351 e. The number of nitrogens with one attached hydrogen (secondary N) is 1. The molecule has 0 radical (unpaired) electrons. The lowest BCUT2D eigenvalue weighted by molar-refractivity contribution is -0.118. The van der Waals surface area contributed by atoms with E-state index in [9.17, 15) is 9.59 Å². The largest absolute Gasteiger partial charge is 0.351 e. The molecule has 2 heterocycles.